The molecular formula is C26H35N3O. The minimum Gasteiger partial charge on any atom is -0.492 e. The second-order valence-electron chi connectivity index (χ2n) is 8.62. The maximum absolute atomic E-state index is 6.08. The normalized spacial score (nSPS) is 15.4. The van der Waals surface area contributed by atoms with E-state index in [2.05, 4.69) is 65.8 Å². The number of aromatic nitrogens is 2. The number of benzene rings is 2. The molecule has 0 unspecified atom stereocenters. The van der Waals surface area contributed by atoms with E-state index in [-0.39, 0.29) is 0 Å². The van der Waals surface area contributed by atoms with Crippen LogP contribution in [0.2, 0.25) is 0 Å². The zero-order valence-corrected chi connectivity index (χ0v) is 18.6. The topological polar surface area (TPSA) is 30.3 Å². The molecular weight excluding hydrogens is 370 g/mol. The van der Waals surface area contributed by atoms with Crippen molar-refractivity contribution in [2.75, 3.05) is 26.2 Å². The van der Waals surface area contributed by atoms with Crippen molar-refractivity contribution in [1.29, 1.82) is 0 Å². The third-order valence-electron chi connectivity index (χ3n) is 6.37. The zero-order valence-electron chi connectivity index (χ0n) is 18.6. The highest BCUT2D eigenvalue weighted by atomic mass is 16.5. The van der Waals surface area contributed by atoms with Crippen molar-refractivity contribution in [3.63, 3.8) is 0 Å². The lowest BCUT2D eigenvalue weighted by atomic mass is 10.1. The fourth-order valence-electron chi connectivity index (χ4n) is 4.44. The molecule has 4 rings (SSSR count). The van der Waals surface area contributed by atoms with E-state index in [9.17, 15) is 0 Å². The molecule has 0 aliphatic carbocycles. The van der Waals surface area contributed by atoms with Gasteiger partial charge in [-0.1, -0.05) is 31.0 Å². The highest BCUT2D eigenvalue weighted by Gasteiger charge is 2.13. The standard InChI is InChI=1S/C26H35N3O/c1-21-13-14-23(20-22(21)2)30-19-18-29-25-11-6-5-10-24(25)27-26(29)12-9-17-28-15-7-3-4-8-16-28/h5-6,10-11,13-14,20H,3-4,7-9,12,15-19H2,1-2H3. The molecule has 0 atom stereocenters. The van der Waals surface area contributed by atoms with Crippen LogP contribution in [-0.4, -0.2) is 40.7 Å². The van der Waals surface area contributed by atoms with Crippen molar-refractivity contribution < 1.29 is 4.74 Å². The molecule has 160 valence electrons. The molecule has 3 aromatic rings. The lowest BCUT2D eigenvalue weighted by molar-refractivity contribution is 0.278. The summed E-state index contributed by atoms with van der Waals surface area (Å²) >= 11 is 0. The Bertz CT molecular complexity index is 954. The molecule has 0 N–H and O–H groups in total. The summed E-state index contributed by atoms with van der Waals surface area (Å²) in [4.78, 5) is 7.60. The number of rotatable bonds is 8. The van der Waals surface area contributed by atoms with Crippen LogP contribution < -0.4 is 4.74 Å². The number of para-hydroxylation sites is 2. The van der Waals surface area contributed by atoms with Gasteiger partial charge in [0.15, 0.2) is 0 Å². The third-order valence-corrected chi connectivity index (χ3v) is 6.37. The van der Waals surface area contributed by atoms with E-state index in [1.54, 1.807) is 0 Å². The smallest absolute Gasteiger partial charge is 0.119 e. The van der Waals surface area contributed by atoms with Gasteiger partial charge in [0.25, 0.3) is 0 Å². The molecule has 1 fully saturated rings. The number of ether oxygens (including phenoxy) is 1. The van der Waals surface area contributed by atoms with Crippen molar-refractivity contribution in [1.82, 2.24) is 14.5 Å². The second-order valence-corrected chi connectivity index (χ2v) is 8.62. The van der Waals surface area contributed by atoms with E-state index < -0.39 is 0 Å². The van der Waals surface area contributed by atoms with Crippen LogP contribution in [0.15, 0.2) is 42.5 Å². The van der Waals surface area contributed by atoms with Crippen molar-refractivity contribution >= 4 is 11.0 Å². The zero-order chi connectivity index (χ0) is 20.8. The number of hydrogen-bond acceptors (Lipinski definition) is 3. The Kier molecular flexibility index (Phi) is 7.06. The van der Waals surface area contributed by atoms with Crippen molar-refractivity contribution in [3.05, 3.63) is 59.4 Å². The molecule has 2 heterocycles. The van der Waals surface area contributed by atoms with E-state index in [0.29, 0.717) is 6.61 Å². The number of nitrogens with zero attached hydrogens (tertiary/aromatic N) is 3. The van der Waals surface area contributed by atoms with Crippen LogP contribution in [0.1, 0.15) is 49.1 Å². The largest absolute Gasteiger partial charge is 0.492 e. The van der Waals surface area contributed by atoms with Gasteiger partial charge in [-0.25, -0.2) is 4.98 Å². The first kappa shape index (κ1) is 20.9. The predicted octanol–water partition coefficient (Wildman–Crippen LogP) is 5.54. The quantitative estimate of drug-likeness (QED) is 0.493. The lowest BCUT2D eigenvalue weighted by Gasteiger charge is -2.19. The van der Waals surface area contributed by atoms with Crippen molar-refractivity contribution in [2.45, 2.75) is 58.9 Å². The molecule has 1 saturated heterocycles. The number of aryl methyl sites for hydroxylation is 3. The van der Waals surface area contributed by atoms with Crippen LogP contribution in [0.25, 0.3) is 11.0 Å². The summed E-state index contributed by atoms with van der Waals surface area (Å²) in [6, 6.07) is 14.8. The van der Waals surface area contributed by atoms with Gasteiger partial charge in [-0.2, -0.15) is 0 Å². The van der Waals surface area contributed by atoms with Crippen LogP contribution in [0.3, 0.4) is 0 Å². The molecule has 0 bridgehead atoms. The van der Waals surface area contributed by atoms with E-state index >= 15 is 0 Å². The Balaban J connectivity index is 1.40. The molecule has 0 saturated carbocycles. The van der Waals surface area contributed by atoms with Gasteiger partial charge >= 0.3 is 0 Å². The average Bonchev–Trinajstić information content (AvgIpc) is 2.90. The molecule has 4 nitrogen and oxygen atoms in total. The average molecular weight is 406 g/mol. The maximum Gasteiger partial charge on any atom is 0.119 e. The van der Waals surface area contributed by atoms with Gasteiger partial charge in [0.2, 0.25) is 0 Å². The van der Waals surface area contributed by atoms with Crippen LogP contribution in [-0.2, 0) is 13.0 Å². The molecule has 0 radical (unpaired) electrons. The van der Waals surface area contributed by atoms with Gasteiger partial charge in [-0.15, -0.1) is 0 Å². The molecule has 2 aromatic carbocycles. The first-order valence-corrected chi connectivity index (χ1v) is 11.6. The van der Waals surface area contributed by atoms with Gasteiger partial charge in [0.1, 0.15) is 18.2 Å². The monoisotopic (exact) mass is 405 g/mol. The Morgan fingerprint density at radius 3 is 2.50 bits per heavy atom. The van der Waals surface area contributed by atoms with Gasteiger partial charge in [0, 0.05) is 6.42 Å². The van der Waals surface area contributed by atoms with Crippen LogP contribution in [0.5, 0.6) is 5.75 Å². The second kappa shape index (κ2) is 10.1. The Morgan fingerprint density at radius 2 is 1.70 bits per heavy atom. The highest BCUT2D eigenvalue weighted by molar-refractivity contribution is 5.75. The number of fused-ring (bicyclic) bond motifs is 1. The fourth-order valence-corrected chi connectivity index (χ4v) is 4.44. The maximum atomic E-state index is 6.08. The molecule has 30 heavy (non-hydrogen) atoms. The lowest BCUT2D eigenvalue weighted by Crippen LogP contribution is -2.26. The summed E-state index contributed by atoms with van der Waals surface area (Å²) in [6.45, 7) is 9.46. The summed E-state index contributed by atoms with van der Waals surface area (Å²) in [5.74, 6) is 2.14. The minimum atomic E-state index is 0.655. The molecule has 4 heteroatoms. The number of likely N-dealkylation sites (tertiary alicyclic amines) is 1. The van der Waals surface area contributed by atoms with Crippen LogP contribution in [0.4, 0.5) is 0 Å². The summed E-state index contributed by atoms with van der Waals surface area (Å²) in [6.07, 6.45) is 7.69. The Hall–Kier alpha value is -2.33. The SMILES string of the molecule is Cc1ccc(OCCn2c(CCCN3CCCCCC3)nc3ccccc32)cc1C. The minimum absolute atomic E-state index is 0.655. The predicted molar refractivity (Wildman–Crippen MR) is 124 cm³/mol. The van der Waals surface area contributed by atoms with Crippen molar-refractivity contribution in [2.24, 2.45) is 0 Å². The highest BCUT2D eigenvalue weighted by Crippen LogP contribution is 2.20. The van der Waals surface area contributed by atoms with E-state index in [4.69, 9.17) is 9.72 Å². The van der Waals surface area contributed by atoms with Gasteiger partial charge in [-0.05, 0) is 88.1 Å². The molecule has 0 amide bonds. The van der Waals surface area contributed by atoms with E-state index in [1.807, 2.05) is 0 Å². The molecule has 1 aliphatic rings. The van der Waals surface area contributed by atoms with Gasteiger partial charge in [-0.3, -0.25) is 0 Å². The van der Waals surface area contributed by atoms with Gasteiger partial charge in [0.05, 0.1) is 17.6 Å². The fraction of sp³-hybridized carbons (Fsp3) is 0.500. The van der Waals surface area contributed by atoms with E-state index in [1.165, 1.54) is 74.2 Å². The molecule has 1 aromatic heterocycles. The number of imidazole rings is 1. The molecule has 0 spiro atoms. The first-order valence-electron chi connectivity index (χ1n) is 11.6. The summed E-state index contributed by atoms with van der Waals surface area (Å²) in [5, 5.41) is 0. The number of hydrogen-bond donors (Lipinski definition) is 0. The summed E-state index contributed by atoms with van der Waals surface area (Å²) in [5.41, 5.74) is 4.88. The third kappa shape index (κ3) is 5.23. The first-order chi connectivity index (χ1) is 14.7. The van der Waals surface area contributed by atoms with Crippen LogP contribution >= 0.6 is 0 Å². The van der Waals surface area contributed by atoms with Gasteiger partial charge < -0.3 is 14.2 Å². The Labute approximate surface area is 180 Å². The van der Waals surface area contributed by atoms with E-state index in [0.717, 1.165) is 24.2 Å². The molecule has 1 aliphatic heterocycles. The van der Waals surface area contributed by atoms with Crippen LogP contribution in [0, 0.1) is 13.8 Å². The summed E-state index contributed by atoms with van der Waals surface area (Å²) < 4.78 is 8.44. The van der Waals surface area contributed by atoms with Crippen molar-refractivity contribution in [3.8, 4) is 5.75 Å². The summed E-state index contributed by atoms with van der Waals surface area (Å²) in [7, 11) is 0. The Morgan fingerprint density at radius 1 is 0.900 bits per heavy atom.